The van der Waals surface area contributed by atoms with E-state index >= 15 is 0 Å². The summed E-state index contributed by atoms with van der Waals surface area (Å²) in [6, 6.07) is 5.61. The van der Waals surface area contributed by atoms with Gasteiger partial charge in [0.05, 0.1) is 31.6 Å². The van der Waals surface area contributed by atoms with Crippen LogP contribution in [0.3, 0.4) is 0 Å². The van der Waals surface area contributed by atoms with Crippen LogP contribution in [0, 0.1) is 4.78 Å². The van der Waals surface area contributed by atoms with E-state index in [1.807, 2.05) is 45.9 Å². The van der Waals surface area contributed by atoms with Gasteiger partial charge >= 0.3 is 7.12 Å². The van der Waals surface area contributed by atoms with Crippen molar-refractivity contribution in [2.45, 2.75) is 43.8 Å². The van der Waals surface area contributed by atoms with Crippen LogP contribution in [0.25, 0.3) is 6.08 Å². The van der Waals surface area contributed by atoms with Crippen molar-refractivity contribution in [3.63, 3.8) is 0 Å². The van der Waals surface area contributed by atoms with Gasteiger partial charge in [-0.2, -0.15) is 0 Å². The molecule has 21 heavy (non-hydrogen) atoms. The predicted octanol–water partition coefficient (Wildman–Crippen LogP) is 2.42. The number of hydrogen-bond acceptors (Lipinski definition) is 4. The Hall–Kier alpha value is -1.11. The molecule has 0 aliphatic carbocycles. The molecule has 1 N–H and O–H groups in total. The van der Waals surface area contributed by atoms with Crippen molar-refractivity contribution in [3.05, 3.63) is 29.8 Å². The fraction of sp³-hybridized carbons (Fsp3) is 0.467. The Balaban J connectivity index is 2.02. The van der Waals surface area contributed by atoms with Gasteiger partial charge in [0.15, 0.2) is 0 Å². The molecule has 0 bridgehead atoms. The molecule has 1 atom stereocenters. The van der Waals surface area contributed by atoms with Crippen molar-refractivity contribution in [2.24, 2.45) is 0 Å². The highest BCUT2D eigenvalue weighted by molar-refractivity contribution is 7.92. The number of fused-ring (bicyclic) bond motifs is 1. The molecule has 2 heterocycles. The Kier molecular flexibility index (Phi) is 3.14. The first-order valence-electron chi connectivity index (χ1n) is 7.05. The van der Waals surface area contributed by atoms with Gasteiger partial charge < -0.3 is 9.31 Å². The molecule has 3 rings (SSSR count). The smallest absolute Gasteiger partial charge is 0.399 e. The lowest BCUT2D eigenvalue weighted by Crippen LogP contribution is -2.41. The third-order valence-corrected chi connectivity index (χ3v) is 6.27. The molecule has 2 aliphatic heterocycles. The lowest BCUT2D eigenvalue weighted by atomic mass is 9.79. The lowest BCUT2D eigenvalue weighted by molar-refractivity contribution is 0.00578. The van der Waals surface area contributed by atoms with E-state index in [2.05, 4.69) is 0 Å². The Labute approximate surface area is 126 Å². The molecule has 112 valence electrons. The van der Waals surface area contributed by atoms with Crippen LogP contribution < -0.4 is 5.46 Å². The molecule has 2 aliphatic rings. The van der Waals surface area contributed by atoms with E-state index in [1.54, 1.807) is 12.1 Å². The van der Waals surface area contributed by atoms with Crippen LogP contribution in [0.4, 0.5) is 0 Å². The minimum absolute atomic E-state index is 0.271. The molecule has 1 aromatic carbocycles. The summed E-state index contributed by atoms with van der Waals surface area (Å²) in [6.07, 6.45) is 3.72. The molecule has 4 nitrogen and oxygen atoms in total. The summed E-state index contributed by atoms with van der Waals surface area (Å²) in [4.78, 5) is 0.581. The Morgan fingerprint density at radius 1 is 1.19 bits per heavy atom. The van der Waals surface area contributed by atoms with Gasteiger partial charge in [0.25, 0.3) is 0 Å². The van der Waals surface area contributed by atoms with Crippen LogP contribution in [0.15, 0.2) is 29.2 Å². The maximum atomic E-state index is 12.4. The van der Waals surface area contributed by atoms with E-state index in [0.29, 0.717) is 4.90 Å². The highest BCUT2D eigenvalue weighted by Crippen LogP contribution is 2.36. The lowest BCUT2D eigenvalue weighted by Gasteiger charge is -2.32. The second kappa shape index (κ2) is 4.45. The maximum absolute atomic E-state index is 12.4. The van der Waals surface area contributed by atoms with E-state index in [4.69, 9.17) is 14.1 Å². The van der Waals surface area contributed by atoms with Gasteiger partial charge in [-0.1, -0.05) is 24.3 Å². The first-order chi connectivity index (χ1) is 9.62. The first-order valence-corrected chi connectivity index (χ1v) is 8.78. The van der Waals surface area contributed by atoms with Gasteiger partial charge in [0, 0.05) is 0 Å². The minimum Gasteiger partial charge on any atom is -0.399 e. The minimum atomic E-state index is -2.75. The number of rotatable bonds is 1. The van der Waals surface area contributed by atoms with E-state index < -0.39 is 28.0 Å². The SMILES string of the molecule is CC1(C)OB(c2ccc3c(c2)S(=N)(=O)CC=C3)OC1(C)C. The number of hydrogen-bond donors (Lipinski definition) is 1. The second-order valence-electron chi connectivity index (χ2n) is 6.63. The van der Waals surface area contributed by atoms with Crippen LogP contribution in [-0.2, 0) is 19.0 Å². The monoisotopic (exact) mass is 305 g/mol. The van der Waals surface area contributed by atoms with Crippen LogP contribution in [0.1, 0.15) is 33.3 Å². The topological polar surface area (TPSA) is 59.4 Å². The quantitative estimate of drug-likeness (QED) is 0.811. The standard InChI is InChI=1S/C15H20BNO3S/c1-14(2)15(3,4)20-16(19-14)12-8-7-11-6-5-9-21(17,18)13(11)10-12/h5-8,10,17H,9H2,1-4H3. The zero-order valence-electron chi connectivity index (χ0n) is 12.8. The molecular formula is C15H20BNO3S. The summed E-state index contributed by atoms with van der Waals surface area (Å²) in [5, 5.41) is 0. The summed E-state index contributed by atoms with van der Waals surface area (Å²) >= 11 is 0. The van der Waals surface area contributed by atoms with Crippen molar-refractivity contribution in [1.82, 2.24) is 0 Å². The van der Waals surface area contributed by atoms with Gasteiger partial charge in [0.1, 0.15) is 0 Å². The van der Waals surface area contributed by atoms with E-state index in [0.717, 1.165) is 11.0 Å². The van der Waals surface area contributed by atoms with Crippen molar-refractivity contribution >= 4 is 28.4 Å². The molecule has 6 heteroatoms. The normalized spacial score (nSPS) is 29.4. The molecule has 1 saturated heterocycles. The second-order valence-corrected chi connectivity index (χ2v) is 8.75. The van der Waals surface area contributed by atoms with E-state index in [1.165, 1.54) is 0 Å². The van der Waals surface area contributed by atoms with Gasteiger partial charge in [0.2, 0.25) is 0 Å². The summed E-state index contributed by atoms with van der Waals surface area (Å²) < 4.78 is 32.4. The third-order valence-electron chi connectivity index (χ3n) is 4.55. The van der Waals surface area contributed by atoms with Gasteiger partial charge in [-0.25, -0.2) is 8.99 Å². The fourth-order valence-corrected chi connectivity index (χ4v) is 3.89. The van der Waals surface area contributed by atoms with Crippen LogP contribution in [0.5, 0.6) is 0 Å². The Morgan fingerprint density at radius 3 is 2.43 bits per heavy atom. The van der Waals surface area contributed by atoms with Gasteiger partial charge in [-0.3, -0.25) is 0 Å². The molecular weight excluding hydrogens is 285 g/mol. The molecule has 0 amide bonds. The van der Waals surface area contributed by atoms with Crippen LogP contribution in [-0.4, -0.2) is 28.3 Å². The van der Waals surface area contributed by atoms with E-state index in [-0.39, 0.29) is 5.75 Å². The van der Waals surface area contributed by atoms with Crippen molar-refractivity contribution in [1.29, 1.82) is 4.78 Å². The van der Waals surface area contributed by atoms with Crippen molar-refractivity contribution in [2.75, 3.05) is 5.75 Å². The highest BCUT2D eigenvalue weighted by Gasteiger charge is 2.51. The van der Waals surface area contributed by atoms with Crippen LogP contribution >= 0.6 is 0 Å². The third kappa shape index (κ3) is 2.35. The molecule has 1 aromatic rings. The van der Waals surface area contributed by atoms with Crippen molar-refractivity contribution < 1.29 is 13.5 Å². The maximum Gasteiger partial charge on any atom is 0.494 e. The number of nitrogens with one attached hydrogen (secondary N) is 1. The molecule has 0 aromatic heterocycles. The molecule has 0 spiro atoms. The molecule has 0 saturated carbocycles. The average molecular weight is 305 g/mol. The summed E-state index contributed by atoms with van der Waals surface area (Å²) in [6.45, 7) is 8.01. The molecule has 1 fully saturated rings. The summed E-state index contributed by atoms with van der Waals surface area (Å²) in [5.41, 5.74) is 0.857. The van der Waals surface area contributed by atoms with Gasteiger partial charge in [-0.15, -0.1) is 0 Å². The Morgan fingerprint density at radius 2 is 1.81 bits per heavy atom. The largest absolute Gasteiger partial charge is 0.494 e. The molecule has 0 radical (unpaired) electrons. The summed E-state index contributed by atoms with van der Waals surface area (Å²) in [5.74, 6) is 0.271. The number of benzene rings is 1. The Bertz CT molecular complexity index is 706. The van der Waals surface area contributed by atoms with Gasteiger partial charge in [-0.05, 0) is 44.8 Å². The van der Waals surface area contributed by atoms with Crippen LogP contribution in [0.2, 0.25) is 0 Å². The molecule has 1 unspecified atom stereocenters. The zero-order chi connectivity index (χ0) is 15.5. The predicted molar refractivity (Wildman–Crippen MR) is 85.2 cm³/mol. The van der Waals surface area contributed by atoms with Crippen molar-refractivity contribution in [3.8, 4) is 0 Å². The first kappa shape index (κ1) is 14.8. The summed E-state index contributed by atoms with van der Waals surface area (Å²) in [7, 11) is -3.23. The average Bonchev–Trinajstić information content (AvgIpc) is 2.58. The highest BCUT2D eigenvalue weighted by atomic mass is 32.2. The zero-order valence-corrected chi connectivity index (χ0v) is 13.6. The fourth-order valence-electron chi connectivity index (χ4n) is 2.50. The van der Waals surface area contributed by atoms with E-state index in [9.17, 15) is 4.21 Å².